The topological polar surface area (TPSA) is 47.6 Å². The third-order valence-corrected chi connectivity index (χ3v) is 2.97. The molecule has 1 saturated heterocycles. The fraction of sp³-hybridized carbons (Fsp3) is 0.917. The minimum absolute atomic E-state index is 0.169. The van der Waals surface area contributed by atoms with Crippen LogP contribution < -0.4 is 5.32 Å². The van der Waals surface area contributed by atoms with Crippen molar-refractivity contribution in [1.82, 2.24) is 5.32 Å². The average molecular weight is 229 g/mol. The number of nitrogens with one attached hydrogen (secondary N) is 1. The molecule has 4 nitrogen and oxygen atoms in total. The SMILES string of the molecule is COCCCNC(=O)CCC1CCOCC1. The Labute approximate surface area is 97.7 Å². The standard InChI is InChI=1S/C12H23NO3/c1-15-8-2-7-13-12(14)4-3-11-5-9-16-10-6-11/h11H,2-10H2,1H3,(H,13,14). The molecule has 1 fully saturated rings. The summed E-state index contributed by atoms with van der Waals surface area (Å²) in [7, 11) is 1.67. The van der Waals surface area contributed by atoms with E-state index in [0.29, 0.717) is 18.9 Å². The van der Waals surface area contributed by atoms with Gasteiger partial charge in [0.15, 0.2) is 0 Å². The van der Waals surface area contributed by atoms with Gasteiger partial charge in [0.2, 0.25) is 5.91 Å². The second-order valence-corrected chi connectivity index (χ2v) is 4.29. The second-order valence-electron chi connectivity index (χ2n) is 4.29. The summed E-state index contributed by atoms with van der Waals surface area (Å²) in [4.78, 5) is 11.5. The molecule has 0 atom stereocenters. The summed E-state index contributed by atoms with van der Waals surface area (Å²) in [5.74, 6) is 0.848. The first-order valence-electron chi connectivity index (χ1n) is 6.16. The third kappa shape index (κ3) is 6.08. The Morgan fingerprint density at radius 2 is 2.19 bits per heavy atom. The molecular formula is C12H23NO3. The Balaban J connectivity index is 1.96. The van der Waals surface area contributed by atoms with E-state index in [1.165, 1.54) is 0 Å². The molecule has 1 N–H and O–H groups in total. The van der Waals surface area contributed by atoms with Crippen molar-refractivity contribution >= 4 is 5.91 Å². The largest absolute Gasteiger partial charge is 0.385 e. The zero-order chi connectivity index (χ0) is 11.6. The molecule has 0 bridgehead atoms. The molecule has 1 rings (SSSR count). The van der Waals surface area contributed by atoms with Gasteiger partial charge in [-0.15, -0.1) is 0 Å². The van der Waals surface area contributed by atoms with Crippen molar-refractivity contribution < 1.29 is 14.3 Å². The van der Waals surface area contributed by atoms with Crippen LogP contribution in [0.3, 0.4) is 0 Å². The summed E-state index contributed by atoms with van der Waals surface area (Å²) >= 11 is 0. The number of ether oxygens (including phenoxy) is 2. The molecule has 0 saturated carbocycles. The van der Waals surface area contributed by atoms with E-state index in [2.05, 4.69) is 5.32 Å². The highest BCUT2D eigenvalue weighted by atomic mass is 16.5. The minimum Gasteiger partial charge on any atom is -0.385 e. The van der Waals surface area contributed by atoms with Gasteiger partial charge in [0, 0.05) is 39.9 Å². The molecule has 1 aliphatic heterocycles. The van der Waals surface area contributed by atoms with Crippen LogP contribution in [-0.2, 0) is 14.3 Å². The van der Waals surface area contributed by atoms with Crippen LogP contribution in [0.25, 0.3) is 0 Å². The number of carbonyl (C=O) groups excluding carboxylic acids is 1. The van der Waals surface area contributed by atoms with Gasteiger partial charge in [-0.1, -0.05) is 0 Å². The molecule has 1 amide bonds. The monoisotopic (exact) mass is 229 g/mol. The fourth-order valence-electron chi connectivity index (χ4n) is 1.90. The molecule has 0 aliphatic carbocycles. The lowest BCUT2D eigenvalue weighted by Crippen LogP contribution is -2.26. The summed E-state index contributed by atoms with van der Waals surface area (Å²) in [5, 5.41) is 2.91. The lowest BCUT2D eigenvalue weighted by molar-refractivity contribution is -0.121. The van der Waals surface area contributed by atoms with Crippen molar-refractivity contribution in [2.45, 2.75) is 32.1 Å². The summed E-state index contributed by atoms with van der Waals surface area (Å²) < 4.78 is 10.2. The predicted molar refractivity (Wildman–Crippen MR) is 62.3 cm³/mol. The normalized spacial score (nSPS) is 17.3. The molecular weight excluding hydrogens is 206 g/mol. The highest BCUT2D eigenvalue weighted by Crippen LogP contribution is 2.19. The van der Waals surface area contributed by atoms with Gasteiger partial charge in [0.1, 0.15) is 0 Å². The molecule has 0 radical (unpaired) electrons. The lowest BCUT2D eigenvalue weighted by Gasteiger charge is -2.21. The summed E-state index contributed by atoms with van der Waals surface area (Å²) in [6.07, 6.45) is 4.75. The molecule has 4 heteroatoms. The van der Waals surface area contributed by atoms with Gasteiger partial charge in [0.05, 0.1) is 0 Å². The van der Waals surface area contributed by atoms with E-state index < -0.39 is 0 Å². The Bertz CT molecular complexity index is 191. The van der Waals surface area contributed by atoms with Crippen molar-refractivity contribution in [3.05, 3.63) is 0 Å². The molecule has 0 aromatic carbocycles. The van der Waals surface area contributed by atoms with Gasteiger partial charge in [-0.2, -0.15) is 0 Å². The van der Waals surface area contributed by atoms with E-state index in [0.717, 1.165) is 45.4 Å². The Morgan fingerprint density at radius 3 is 2.88 bits per heavy atom. The first kappa shape index (κ1) is 13.5. The van der Waals surface area contributed by atoms with Crippen LogP contribution >= 0.6 is 0 Å². The number of methoxy groups -OCH3 is 1. The molecule has 1 heterocycles. The first-order chi connectivity index (χ1) is 7.83. The van der Waals surface area contributed by atoms with Crippen LogP contribution in [-0.4, -0.2) is 39.4 Å². The van der Waals surface area contributed by atoms with Crippen molar-refractivity contribution in [1.29, 1.82) is 0 Å². The van der Waals surface area contributed by atoms with E-state index in [1.807, 2.05) is 0 Å². The van der Waals surface area contributed by atoms with Crippen molar-refractivity contribution in [3.63, 3.8) is 0 Å². The Kier molecular flexibility index (Phi) is 7.17. The highest BCUT2D eigenvalue weighted by Gasteiger charge is 2.14. The van der Waals surface area contributed by atoms with E-state index >= 15 is 0 Å². The quantitative estimate of drug-likeness (QED) is 0.670. The van der Waals surface area contributed by atoms with E-state index in [4.69, 9.17) is 9.47 Å². The maximum absolute atomic E-state index is 11.5. The van der Waals surface area contributed by atoms with Crippen LogP contribution in [0.5, 0.6) is 0 Å². The van der Waals surface area contributed by atoms with Gasteiger partial charge in [-0.25, -0.2) is 0 Å². The predicted octanol–water partition coefficient (Wildman–Crippen LogP) is 1.35. The van der Waals surface area contributed by atoms with Crippen molar-refractivity contribution in [2.24, 2.45) is 5.92 Å². The van der Waals surface area contributed by atoms with E-state index in [9.17, 15) is 4.79 Å². The second kappa shape index (κ2) is 8.53. The maximum atomic E-state index is 11.5. The Hall–Kier alpha value is -0.610. The smallest absolute Gasteiger partial charge is 0.220 e. The van der Waals surface area contributed by atoms with Gasteiger partial charge in [-0.3, -0.25) is 4.79 Å². The fourth-order valence-corrected chi connectivity index (χ4v) is 1.90. The van der Waals surface area contributed by atoms with Crippen molar-refractivity contribution in [2.75, 3.05) is 33.5 Å². The number of amides is 1. The summed E-state index contributed by atoms with van der Waals surface area (Å²) in [6, 6.07) is 0. The molecule has 0 aromatic heterocycles. The zero-order valence-corrected chi connectivity index (χ0v) is 10.2. The van der Waals surface area contributed by atoms with Gasteiger partial charge in [0.25, 0.3) is 0 Å². The lowest BCUT2D eigenvalue weighted by atomic mass is 9.95. The molecule has 94 valence electrons. The van der Waals surface area contributed by atoms with Crippen LogP contribution in [0.15, 0.2) is 0 Å². The Morgan fingerprint density at radius 1 is 1.44 bits per heavy atom. The van der Waals surface area contributed by atoms with Crippen LogP contribution in [0.1, 0.15) is 32.1 Å². The van der Waals surface area contributed by atoms with E-state index in [1.54, 1.807) is 7.11 Å². The molecule has 0 aromatic rings. The maximum Gasteiger partial charge on any atom is 0.220 e. The highest BCUT2D eigenvalue weighted by molar-refractivity contribution is 5.75. The average Bonchev–Trinajstić information content (AvgIpc) is 2.33. The third-order valence-electron chi connectivity index (χ3n) is 2.97. The van der Waals surface area contributed by atoms with Gasteiger partial charge < -0.3 is 14.8 Å². The minimum atomic E-state index is 0.169. The number of hydrogen-bond acceptors (Lipinski definition) is 3. The zero-order valence-electron chi connectivity index (χ0n) is 10.2. The molecule has 0 spiro atoms. The first-order valence-corrected chi connectivity index (χ1v) is 6.16. The van der Waals surface area contributed by atoms with E-state index in [-0.39, 0.29) is 5.91 Å². The number of rotatable bonds is 7. The summed E-state index contributed by atoms with van der Waals surface area (Å²) in [6.45, 7) is 3.15. The van der Waals surface area contributed by atoms with Gasteiger partial charge >= 0.3 is 0 Å². The van der Waals surface area contributed by atoms with Crippen molar-refractivity contribution in [3.8, 4) is 0 Å². The van der Waals surface area contributed by atoms with Crippen LogP contribution in [0.4, 0.5) is 0 Å². The van der Waals surface area contributed by atoms with Gasteiger partial charge in [-0.05, 0) is 31.6 Å². The molecule has 0 unspecified atom stereocenters. The van der Waals surface area contributed by atoms with Crippen LogP contribution in [0.2, 0.25) is 0 Å². The molecule has 16 heavy (non-hydrogen) atoms. The number of hydrogen-bond donors (Lipinski definition) is 1. The summed E-state index contributed by atoms with van der Waals surface area (Å²) in [5.41, 5.74) is 0. The van der Waals surface area contributed by atoms with Crippen LogP contribution in [0, 0.1) is 5.92 Å². The molecule has 1 aliphatic rings. The number of carbonyl (C=O) groups is 1.